The van der Waals surface area contributed by atoms with Crippen molar-refractivity contribution < 1.29 is 14.6 Å². The Balaban J connectivity index is 2.64. The highest BCUT2D eigenvalue weighted by molar-refractivity contribution is 5.58. The van der Waals surface area contributed by atoms with Gasteiger partial charge >= 0.3 is 6.16 Å². The summed E-state index contributed by atoms with van der Waals surface area (Å²) < 4.78 is 5.01. The molecule has 1 rings (SSSR count). The molecule has 15 heavy (non-hydrogen) atoms. The number of hydrogen-bond acceptors (Lipinski definition) is 2. The Labute approximate surface area is 90.4 Å². The van der Waals surface area contributed by atoms with Gasteiger partial charge in [0.2, 0.25) is 0 Å². The van der Waals surface area contributed by atoms with Gasteiger partial charge in [0.1, 0.15) is 5.60 Å². The summed E-state index contributed by atoms with van der Waals surface area (Å²) in [5, 5.41) is 8.72. The molecule has 0 aromatic rings. The third-order valence-corrected chi connectivity index (χ3v) is 2.55. The Kier molecular flexibility index (Phi) is 3.95. The lowest BCUT2D eigenvalue weighted by Crippen LogP contribution is -2.33. The van der Waals surface area contributed by atoms with E-state index in [2.05, 4.69) is 13.8 Å². The normalized spacial score (nSPS) is 24.5. The summed E-state index contributed by atoms with van der Waals surface area (Å²) >= 11 is 0. The first kappa shape index (κ1) is 11.8. The first-order valence-electron chi connectivity index (χ1n) is 5.30. The van der Waals surface area contributed by atoms with Gasteiger partial charge in [0.05, 0.1) is 0 Å². The highest BCUT2D eigenvalue weighted by Gasteiger charge is 2.31. The number of hydrogen-bond donors (Lipinski definition) is 1. The molecule has 3 heteroatoms. The molecule has 84 valence electrons. The largest absolute Gasteiger partial charge is 0.506 e. The Morgan fingerprint density at radius 3 is 2.73 bits per heavy atom. The van der Waals surface area contributed by atoms with Crippen molar-refractivity contribution in [2.45, 2.75) is 38.7 Å². The molecule has 0 amide bonds. The third kappa shape index (κ3) is 3.78. The van der Waals surface area contributed by atoms with Crippen molar-refractivity contribution in [2.24, 2.45) is 5.92 Å². The topological polar surface area (TPSA) is 46.5 Å². The highest BCUT2D eigenvalue weighted by atomic mass is 16.7. The van der Waals surface area contributed by atoms with Crippen LogP contribution in [0.2, 0.25) is 0 Å². The van der Waals surface area contributed by atoms with Crippen molar-refractivity contribution in [3.8, 4) is 0 Å². The molecule has 1 aliphatic carbocycles. The number of rotatable bonds is 4. The van der Waals surface area contributed by atoms with E-state index >= 15 is 0 Å². The predicted molar refractivity (Wildman–Crippen MR) is 58.8 cm³/mol. The maximum Gasteiger partial charge on any atom is 0.506 e. The summed E-state index contributed by atoms with van der Waals surface area (Å²) in [6.07, 6.45) is 8.73. The molecule has 1 atom stereocenters. The maximum absolute atomic E-state index is 10.6. The van der Waals surface area contributed by atoms with Crippen molar-refractivity contribution >= 4 is 6.16 Å². The van der Waals surface area contributed by atoms with Crippen molar-refractivity contribution in [1.29, 1.82) is 0 Å². The zero-order valence-corrected chi connectivity index (χ0v) is 9.27. The first-order chi connectivity index (χ1) is 7.04. The van der Waals surface area contributed by atoms with E-state index in [1.807, 2.05) is 24.3 Å². The van der Waals surface area contributed by atoms with E-state index in [0.29, 0.717) is 12.3 Å². The van der Waals surface area contributed by atoms with E-state index in [1.165, 1.54) is 0 Å². The highest BCUT2D eigenvalue weighted by Crippen LogP contribution is 2.29. The quantitative estimate of drug-likeness (QED) is 0.723. The van der Waals surface area contributed by atoms with E-state index in [-0.39, 0.29) is 0 Å². The third-order valence-electron chi connectivity index (χ3n) is 2.55. The van der Waals surface area contributed by atoms with Crippen LogP contribution in [-0.2, 0) is 4.74 Å². The van der Waals surface area contributed by atoms with Crippen LogP contribution in [0.3, 0.4) is 0 Å². The molecule has 0 radical (unpaired) electrons. The van der Waals surface area contributed by atoms with Crippen LogP contribution in [0, 0.1) is 5.92 Å². The minimum atomic E-state index is -1.20. The van der Waals surface area contributed by atoms with Crippen LogP contribution < -0.4 is 0 Å². The van der Waals surface area contributed by atoms with Crippen molar-refractivity contribution in [2.75, 3.05) is 0 Å². The van der Waals surface area contributed by atoms with E-state index in [0.717, 1.165) is 12.8 Å². The van der Waals surface area contributed by atoms with Crippen LogP contribution in [0.25, 0.3) is 0 Å². The van der Waals surface area contributed by atoms with Crippen molar-refractivity contribution in [3.05, 3.63) is 24.3 Å². The Morgan fingerprint density at radius 2 is 2.27 bits per heavy atom. The average Bonchev–Trinajstić information content (AvgIpc) is 2.15. The van der Waals surface area contributed by atoms with Gasteiger partial charge in [-0.25, -0.2) is 4.79 Å². The summed E-state index contributed by atoms with van der Waals surface area (Å²) in [6.45, 7) is 4.24. The van der Waals surface area contributed by atoms with Gasteiger partial charge in [-0.3, -0.25) is 0 Å². The van der Waals surface area contributed by atoms with E-state index < -0.39 is 11.8 Å². The zero-order valence-electron chi connectivity index (χ0n) is 9.27. The molecular weight excluding hydrogens is 192 g/mol. The fourth-order valence-electron chi connectivity index (χ4n) is 1.66. The van der Waals surface area contributed by atoms with Crippen molar-refractivity contribution in [1.82, 2.24) is 0 Å². The summed E-state index contributed by atoms with van der Waals surface area (Å²) in [4.78, 5) is 10.6. The van der Waals surface area contributed by atoms with Gasteiger partial charge in [-0.1, -0.05) is 32.1 Å². The molecule has 0 aromatic carbocycles. The van der Waals surface area contributed by atoms with Gasteiger partial charge in [0, 0.05) is 6.42 Å². The molecule has 0 spiro atoms. The fraction of sp³-hybridized carbons (Fsp3) is 0.583. The SMILES string of the molecule is CC(C)CCC1(OC(=O)O)C=CC=CC1. The van der Waals surface area contributed by atoms with Gasteiger partial charge in [0.25, 0.3) is 0 Å². The summed E-state index contributed by atoms with van der Waals surface area (Å²) in [7, 11) is 0. The molecule has 0 aliphatic heterocycles. The lowest BCUT2D eigenvalue weighted by molar-refractivity contribution is 0.00391. The molecule has 1 aliphatic rings. The van der Waals surface area contributed by atoms with Gasteiger partial charge in [-0.15, -0.1) is 0 Å². The minimum absolute atomic E-state index is 0.554. The second kappa shape index (κ2) is 5.01. The predicted octanol–water partition coefficient (Wildman–Crippen LogP) is 3.37. The molecule has 1 N–H and O–H groups in total. The van der Waals surface area contributed by atoms with Crippen LogP contribution in [0.15, 0.2) is 24.3 Å². The number of allylic oxidation sites excluding steroid dienone is 2. The maximum atomic E-state index is 10.6. The number of carbonyl (C=O) groups is 1. The van der Waals surface area contributed by atoms with Gasteiger partial charge in [-0.05, 0) is 24.8 Å². The lowest BCUT2D eigenvalue weighted by Gasteiger charge is -2.30. The van der Waals surface area contributed by atoms with E-state index in [4.69, 9.17) is 9.84 Å². The number of carboxylic acid groups (broad SMARTS) is 1. The molecule has 0 heterocycles. The summed E-state index contributed by atoms with van der Waals surface area (Å²) in [5.74, 6) is 0.554. The zero-order chi connectivity index (χ0) is 11.3. The molecule has 3 nitrogen and oxygen atoms in total. The monoisotopic (exact) mass is 210 g/mol. The minimum Gasteiger partial charge on any atom is -0.450 e. The standard InChI is InChI=1S/C12H18O3/c1-10(2)6-9-12(15-11(13)14)7-4-3-5-8-12/h3-5,7,10H,6,8-9H2,1-2H3,(H,13,14). The van der Waals surface area contributed by atoms with E-state index in [1.54, 1.807) is 0 Å². The summed E-state index contributed by atoms with van der Waals surface area (Å²) in [5.41, 5.74) is -0.634. The smallest absolute Gasteiger partial charge is 0.450 e. The molecular formula is C12H18O3. The van der Waals surface area contributed by atoms with Crippen LogP contribution in [-0.4, -0.2) is 16.9 Å². The second-order valence-corrected chi connectivity index (χ2v) is 4.36. The van der Waals surface area contributed by atoms with Crippen LogP contribution in [0.1, 0.15) is 33.1 Å². The molecule has 0 saturated heterocycles. The van der Waals surface area contributed by atoms with Crippen LogP contribution >= 0.6 is 0 Å². The second-order valence-electron chi connectivity index (χ2n) is 4.36. The fourth-order valence-corrected chi connectivity index (χ4v) is 1.66. The molecule has 1 unspecified atom stereocenters. The average molecular weight is 210 g/mol. The van der Waals surface area contributed by atoms with Gasteiger partial charge in [-0.2, -0.15) is 0 Å². The van der Waals surface area contributed by atoms with Crippen molar-refractivity contribution in [3.63, 3.8) is 0 Å². The Morgan fingerprint density at radius 1 is 1.53 bits per heavy atom. The lowest BCUT2D eigenvalue weighted by atomic mass is 9.87. The van der Waals surface area contributed by atoms with Crippen LogP contribution in [0.5, 0.6) is 0 Å². The van der Waals surface area contributed by atoms with Crippen LogP contribution in [0.4, 0.5) is 4.79 Å². The van der Waals surface area contributed by atoms with Gasteiger partial charge < -0.3 is 9.84 Å². The number of ether oxygens (including phenoxy) is 1. The molecule has 0 saturated carbocycles. The van der Waals surface area contributed by atoms with E-state index in [9.17, 15) is 4.79 Å². The summed E-state index contributed by atoms with van der Waals surface area (Å²) in [6, 6.07) is 0. The molecule has 0 fully saturated rings. The first-order valence-corrected chi connectivity index (χ1v) is 5.30. The molecule has 0 bridgehead atoms. The Hall–Kier alpha value is -1.25. The Bertz CT molecular complexity index is 279. The molecule has 0 aromatic heterocycles. The van der Waals surface area contributed by atoms with Gasteiger partial charge in [0.15, 0.2) is 0 Å².